The second-order valence-corrected chi connectivity index (χ2v) is 6.07. The van der Waals surface area contributed by atoms with Crippen molar-refractivity contribution in [3.63, 3.8) is 0 Å². The Morgan fingerprint density at radius 2 is 1.55 bits per heavy atom. The first-order valence-corrected chi connectivity index (χ1v) is 8.24. The maximum atomic E-state index is 12.6. The molecule has 0 heterocycles. The molecule has 114 valence electrons. The van der Waals surface area contributed by atoms with Crippen LogP contribution in [0.5, 0.6) is 0 Å². The monoisotopic (exact) mass is 293 g/mol. The van der Waals surface area contributed by atoms with E-state index in [1.165, 1.54) is 12.0 Å². The van der Waals surface area contributed by atoms with Gasteiger partial charge in [0.25, 0.3) is 0 Å². The molecule has 3 rings (SSSR count). The smallest absolute Gasteiger partial charge is 0.138 e. The van der Waals surface area contributed by atoms with Crippen molar-refractivity contribution >= 4 is 11.5 Å². The van der Waals surface area contributed by atoms with Gasteiger partial charge in [-0.2, -0.15) is 0 Å². The summed E-state index contributed by atoms with van der Waals surface area (Å²) < 4.78 is 0. The van der Waals surface area contributed by atoms with Gasteiger partial charge in [0.2, 0.25) is 0 Å². The molecule has 2 nitrogen and oxygen atoms in total. The Morgan fingerprint density at radius 3 is 2.27 bits per heavy atom. The summed E-state index contributed by atoms with van der Waals surface area (Å²) >= 11 is 0. The van der Waals surface area contributed by atoms with Gasteiger partial charge in [0, 0.05) is 18.0 Å². The van der Waals surface area contributed by atoms with Crippen LogP contribution in [0.3, 0.4) is 0 Å². The first kappa shape index (κ1) is 14.8. The SMILES string of the molecule is O=C1CCCCC[C@@H]1[C@@H](Nc1ccccc1)c1ccccc1. The van der Waals surface area contributed by atoms with E-state index in [9.17, 15) is 4.79 Å². The Bertz CT molecular complexity index is 594. The van der Waals surface area contributed by atoms with Crippen molar-refractivity contribution in [2.75, 3.05) is 5.32 Å². The number of ketones is 1. The average molecular weight is 293 g/mol. The minimum Gasteiger partial charge on any atom is -0.378 e. The molecule has 0 unspecified atom stereocenters. The molecule has 0 aromatic heterocycles. The Hall–Kier alpha value is -2.09. The van der Waals surface area contributed by atoms with Gasteiger partial charge in [-0.15, -0.1) is 0 Å². The lowest BCUT2D eigenvalue weighted by Crippen LogP contribution is -2.27. The van der Waals surface area contributed by atoms with Crippen LogP contribution in [0.1, 0.15) is 43.7 Å². The van der Waals surface area contributed by atoms with Crippen LogP contribution in [-0.2, 0) is 4.79 Å². The Kier molecular flexibility index (Phi) is 4.89. The second kappa shape index (κ2) is 7.26. The molecule has 0 spiro atoms. The Labute approximate surface area is 132 Å². The molecule has 1 aliphatic rings. The molecule has 1 fully saturated rings. The normalized spacial score (nSPS) is 20.2. The second-order valence-electron chi connectivity index (χ2n) is 6.07. The molecule has 22 heavy (non-hydrogen) atoms. The molecule has 0 aliphatic heterocycles. The number of hydrogen-bond acceptors (Lipinski definition) is 2. The predicted octanol–water partition coefficient (Wildman–Crippen LogP) is 4.99. The Morgan fingerprint density at radius 1 is 0.864 bits per heavy atom. The maximum Gasteiger partial charge on any atom is 0.138 e. The first-order valence-electron chi connectivity index (χ1n) is 8.24. The van der Waals surface area contributed by atoms with Gasteiger partial charge < -0.3 is 5.32 Å². The predicted molar refractivity (Wildman–Crippen MR) is 90.8 cm³/mol. The molecule has 0 radical (unpaired) electrons. The van der Waals surface area contributed by atoms with Crippen LogP contribution < -0.4 is 5.32 Å². The largest absolute Gasteiger partial charge is 0.378 e. The van der Waals surface area contributed by atoms with E-state index >= 15 is 0 Å². The molecule has 0 bridgehead atoms. The number of anilines is 1. The van der Waals surface area contributed by atoms with Gasteiger partial charge in [-0.25, -0.2) is 0 Å². The van der Waals surface area contributed by atoms with Crippen LogP contribution in [0.2, 0.25) is 0 Å². The lowest BCUT2D eigenvalue weighted by Gasteiger charge is -2.27. The van der Waals surface area contributed by atoms with E-state index in [1.54, 1.807) is 0 Å². The molecule has 2 aromatic rings. The fraction of sp³-hybridized carbons (Fsp3) is 0.350. The standard InChI is InChI=1S/C20H23NO/c22-19-15-9-3-8-14-18(19)20(16-10-4-1-5-11-16)21-17-12-6-2-7-13-17/h1-2,4-7,10-13,18,20-21H,3,8-9,14-15H2/t18-,20-/m0/s1. The summed E-state index contributed by atoms with van der Waals surface area (Å²) in [6, 6.07) is 20.6. The van der Waals surface area contributed by atoms with Crippen molar-refractivity contribution in [2.24, 2.45) is 5.92 Å². The summed E-state index contributed by atoms with van der Waals surface area (Å²) in [5.41, 5.74) is 2.28. The van der Waals surface area contributed by atoms with Crippen molar-refractivity contribution in [3.8, 4) is 0 Å². The fourth-order valence-corrected chi connectivity index (χ4v) is 3.33. The molecule has 2 aromatic carbocycles. The van der Waals surface area contributed by atoms with Crippen LogP contribution >= 0.6 is 0 Å². The van der Waals surface area contributed by atoms with Gasteiger partial charge in [-0.05, 0) is 30.5 Å². The number of rotatable bonds is 4. The number of nitrogens with one attached hydrogen (secondary N) is 1. The zero-order valence-electron chi connectivity index (χ0n) is 12.9. The molecule has 1 aliphatic carbocycles. The lowest BCUT2D eigenvalue weighted by atomic mass is 9.86. The van der Waals surface area contributed by atoms with Crippen molar-refractivity contribution < 1.29 is 4.79 Å². The highest BCUT2D eigenvalue weighted by atomic mass is 16.1. The van der Waals surface area contributed by atoms with E-state index < -0.39 is 0 Å². The van der Waals surface area contributed by atoms with E-state index in [-0.39, 0.29) is 12.0 Å². The van der Waals surface area contributed by atoms with Crippen molar-refractivity contribution in [1.29, 1.82) is 0 Å². The number of carbonyl (C=O) groups is 1. The van der Waals surface area contributed by atoms with E-state index in [1.807, 2.05) is 24.3 Å². The topological polar surface area (TPSA) is 29.1 Å². The minimum atomic E-state index is 0.0641. The number of Topliss-reactive ketones (excluding diaryl/α,β-unsaturated/α-hetero) is 1. The average Bonchev–Trinajstić information content (AvgIpc) is 2.79. The fourth-order valence-electron chi connectivity index (χ4n) is 3.33. The minimum absolute atomic E-state index is 0.0641. The quantitative estimate of drug-likeness (QED) is 0.805. The molecule has 1 saturated carbocycles. The van der Waals surface area contributed by atoms with E-state index in [0.29, 0.717) is 5.78 Å². The Balaban J connectivity index is 1.90. The van der Waals surface area contributed by atoms with Crippen LogP contribution in [-0.4, -0.2) is 5.78 Å². The van der Waals surface area contributed by atoms with Gasteiger partial charge >= 0.3 is 0 Å². The lowest BCUT2D eigenvalue weighted by molar-refractivity contribution is -0.123. The maximum absolute atomic E-state index is 12.6. The summed E-state index contributed by atoms with van der Waals surface area (Å²) in [6.45, 7) is 0. The summed E-state index contributed by atoms with van der Waals surface area (Å²) in [5.74, 6) is 0.486. The van der Waals surface area contributed by atoms with Gasteiger partial charge in [0.05, 0.1) is 6.04 Å². The molecule has 2 heteroatoms. The molecule has 0 amide bonds. The molecule has 1 N–H and O–H groups in total. The van der Waals surface area contributed by atoms with Crippen molar-refractivity contribution in [2.45, 2.75) is 38.1 Å². The highest BCUT2D eigenvalue weighted by Crippen LogP contribution is 2.34. The summed E-state index contributed by atoms with van der Waals surface area (Å²) in [7, 11) is 0. The van der Waals surface area contributed by atoms with Crippen molar-refractivity contribution in [1.82, 2.24) is 0 Å². The molecular weight excluding hydrogens is 270 g/mol. The molecule has 2 atom stereocenters. The molecular formula is C20H23NO. The highest BCUT2D eigenvalue weighted by Gasteiger charge is 2.30. The van der Waals surface area contributed by atoms with Crippen LogP contribution in [0.25, 0.3) is 0 Å². The summed E-state index contributed by atoms with van der Waals surface area (Å²) in [4.78, 5) is 12.6. The van der Waals surface area contributed by atoms with Crippen molar-refractivity contribution in [3.05, 3.63) is 66.2 Å². The van der Waals surface area contributed by atoms with Gasteiger partial charge in [0.1, 0.15) is 5.78 Å². The highest BCUT2D eigenvalue weighted by molar-refractivity contribution is 5.82. The van der Waals surface area contributed by atoms with E-state index in [2.05, 4.69) is 41.7 Å². The zero-order valence-corrected chi connectivity index (χ0v) is 12.9. The molecule has 0 saturated heterocycles. The van der Waals surface area contributed by atoms with Gasteiger partial charge in [0.15, 0.2) is 0 Å². The number of benzene rings is 2. The zero-order chi connectivity index (χ0) is 15.2. The number of para-hydroxylation sites is 1. The van der Waals surface area contributed by atoms with Gasteiger partial charge in [-0.3, -0.25) is 4.79 Å². The van der Waals surface area contributed by atoms with Crippen LogP contribution in [0, 0.1) is 5.92 Å². The van der Waals surface area contributed by atoms with Crippen LogP contribution in [0.15, 0.2) is 60.7 Å². The number of hydrogen-bond donors (Lipinski definition) is 1. The summed E-state index contributed by atoms with van der Waals surface area (Å²) in [5, 5.41) is 3.60. The van der Waals surface area contributed by atoms with Gasteiger partial charge in [-0.1, -0.05) is 61.4 Å². The van der Waals surface area contributed by atoms with E-state index in [4.69, 9.17) is 0 Å². The third-order valence-corrected chi connectivity index (χ3v) is 4.51. The third kappa shape index (κ3) is 3.56. The summed E-state index contributed by atoms with van der Waals surface area (Å²) in [6.07, 6.45) is 5.08. The number of carbonyl (C=O) groups excluding carboxylic acids is 1. The first-order chi connectivity index (χ1) is 10.8. The third-order valence-electron chi connectivity index (χ3n) is 4.51. The van der Waals surface area contributed by atoms with E-state index in [0.717, 1.165) is 31.4 Å². The van der Waals surface area contributed by atoms with Crippen LogP contribution in [0.4, 0.5) is 5.69 Å².